The molecule has 4 rings (SSSR count). The summed E-state index contributed by atoms with van der Waals surface area (Å²) in [6, 6.07) is 19.8. The highest BCUT2D eigenvalue weighted by atomic mass is 16.6. The van der Waals surface area contributed by atoms with Gasteiger partial charge in [0, 0.05) is 25.1 Å². The van der Waals surface area contributed by atoms with E-state index in [1.807, 2.05) is 83.1 Å². The van der Waals surface area contributed by atoms with Crippen LogP contribution in [0.3, 0.4) is 0 Å². The van der Waals surface area contributed by atoms with Crippen LogP contribution < -0.4 is 15.4 Å². The van der Waals surface area contributed by atoms with Crippen molar-refractivity contribution in [3.63, 3.8) is 0 Å². The van der Waals surface area contributed by atoms with E-state index in [0.29, 0.717) is 30.1 Å². The highest BCUT2D eigenvalue weighted by molar-refractivity contribution is 5.76. The molecule has 2 unspecified atom stereocenters. The number of amides is 1. The summed E-state index contributed by atoms with van der Waals surface area (Å²) < 4.78 is 13.5. The lowest BCUT2D eigenvalue weighted by molar-refractivity contribution is -0.386. The number of tetrazole rings is 1. The van der Waals surface area contributed by atoms with Crippen molar-refractivity contribution >= 4 is 11.6 Å². The highest BCUT2D eigenvalue weighted by Gasteiger charge is 2.26. The minimum absolute atomic E-state index is 0.107. The van der Waals surface area contributed by atoms with Crippen molar-refractivity contribution in [2.75, 3.05) is 6.61 Å². The Morgan fingerprint density at radius 1 is 1.07 bits per heavy atom. The van der Waals surface area contributed by atoms with Gasteiger partial charge in [-0.05, 0) is 61.2 Å². The molecule has 0 aliphatic carbocycles. The smallest absolute Gasteiger partial charge is 0.292 e. The second-order valence-electron chi connectivity index (χ2n) is 12.3. The Balaban J connectivity index is 1.41. The molecular formula is C33H42N8O5. The SMILES string of the molecule is CC(C)C(CCC(=O)NC(COC(C)(C)C)c1nnnn1Cc1ccccc1)NCc1cc(Oc2ccccc2)ncc1[N+](=O)[O-]. The van der Waals surface area contributed by atoms with Crippen LogP contribution in [0.2, 0.25) is 0 Å². The van der Waals surface area contributed by atoms with Crippen LogP contribution in [-0.2, 0) is 22.6 Å². The number of nitrogens with zero attached hydrogens (tertiary/aromatic N) is 6. The van der Waals surface area contributed by atoms with Crippen LogP contribution in [0.25, 0.3) is 0 Å². The molecule has 0 bridgehead atoms. The number of para-hydroxylation sites is 1. The fraction of sp³-hybridized carbons (Fsp3) is 0.424. The lowest BCUT2D eigenvalue weighted by Gasteiger charge is -2.26. The molecular weight excluding hydrogens is 588 g/mol. The van der Waals surface area contributed by atoms with Crippen molar-refractivity contribution in [1.82, 2.24) is 35.8 Å². The Hall–Kier alpha value is -4.75. The Morgan fingerprint density at radius 3 is 2.41 bits per heavy atom. The van der Waals surface area contributed by atoms with E-state index in [9.17, 15) is 14.9 Å². The Labute approximate surface area is 268 Å². The molecule has 2 aromatic carbocycles. The molecule has 13 nitrogen and oxygen atoms in total. The van der Waals surface area contributed by atoms with Gasteiger partial charge in [-0.25, -0.2) is 9.67 Å². The Kier molecular flexibility index (Phi) is 11.9. The molecule has 13 heteroatoms. The first kappa shape index (κ1) is 34.1. The van der Waals surface area contributed by atoms with Crippen molar-refractivity contribution in [2.45, 2.75) is 78.2 Å². The van der Waals surface area contributed by atoms with Crippen molar-refractivity contribution in [1.29, 1.82) is 0 Å². The van der Waals surface area contributed by atoms with E-state index in [-0.39, 0.29) is 49.0 Å². The summed E-state index contributed by atoms with van der Waals surface area (Å²) in [5.74, 6) is 1.30. The van der Waals surface area contributed by atoms with Crippen LogP contribution >= 0.6 is 0 Å². The maximum atomic E-state index is 13.3. The predicted molar refractivity (Wildman–Crippen MR) is 172 cm³/mol. The molecule has 0 saturated carbocycles. The number of carbonyl (C=O) groups excluding carboxylic acids is 1. The van der Waals surface area contributed by atoms with Gasteiger partial charge in [-0.15, -0.1) is 5.10 Å². The topological polar surface area (TPSA) is 159 Å². The van der Waals surface area contributed by atoms with Gasteiger partial charge in [0.05, 0.1) is 29.2 Å². The number of nitro groups is 1. The monoisotopic (exact) mass is 630 g/mol. The zero-order valence-electron chi connectivity index (χ0n) is 26.9. The van der Waals surface area contributed by atoms with Gasteiger partial charge in [-0.1, -0.05) is 62.4 Å². The first-order chi connectivity index (χ1) is 22.0. The molecule has 0 saturated heterocycles. The first-order valence-electron chi connectivity index (χ1n) is 15.3. The number of ether oxygens (including phenoxy) is 2. The third-order valence-electron chi connectivity index (χ3n) is 7.21. The van der Waals surface area contributed by atoms with Crippen molar-refractivity contribution in [3.8, 4) is 11.6 Å². The minimum atomic E-state index is -0.571. The quantitative estimate of drug-likeness (QED) is 0.121. The van der Waals surface area contributed by atoms with Gasteiger partial charge in [0.15, 0.2) is 5.82 Å². The summed E-state index contributed by atoms with van der Waals surface area (Å²) in [5.41, 5.74) is 0.917. The van der Waals surface area contributed by atoms with Crippen LogP contribution in [0.15, 0.2) is 72.9 Å². The largest absolute Gasteiger partial charge is 0.439 e. The molecule has 2 N–H and O–H groups in total. The summed E-state index contributed by atoms with van der Waals surface area (Å²) in [6.45, 7) is 10.8. The van der Waals surface area contributed by atoms with E-state index in [0.717, 1.165) is 5.56 Å². The highest BCUT2D eigenvalue weighted by Crippen LogP contribution is 2.26. The maximum absolute atomic E-state index is 13.3. The summed E-state index contributed by atoms with van der Waals surface area (Å²) >= 11 is 0. The number of aromatic nitrogens is 5. The second kappa shape index (κ2) is 16.0. The van der Waals surface area contributed by atoms with Crippen LogP contribution in [0.5, 0.6) is 11.6 Å². The molecule has 2 heterocycles. The summed E-state index contributed by atoms with van der Waals surface area (Å²) in [6.07, 6.45) is 1.92. The first-order valence-corrected chi connectivity index (χ1v) is 15.3. The lowest BCUT2D eigenvalue weighted by atomic mass is 9.98. The number of pyridine rings is 1. The number of hydrogen-bond donors (Lipinski definition) is 2. The molecule has 0 aliphatic heterocycles. The van der Waals surface area contributed by atoms with E-state index in [1.54, 1.807) is 22.9 Å². The Bertz CT molecular complexity index is 1560. The molecule has 1 amide bonds. The van der Waals surface area contributed by atoms with Gasteiger partial charge >= 0.3 is 0 Å². The summed E-state index contributed by atoms with van der Waals surface area (Å²) in [4.78, 5) is 28.7. The number of carbonyl (C=O) groups is 1. The number of nitrogens with one attached hydrogen (secondary N) is 2. The average Bonchev–Trinajstić information content (AvgIpc) is 3.47. The molecule has 4 aromatic rings. The van der Waals surface area contributed by atoms with Crippen molar-refractivity contribution < 1.29 is 19.2 Å². The standard InChI is InChI=1S/C33H42N8O5/c1-23(2)27(34-19-25-18-31(35-20-29(25)41(43)44)46-26-14-10-7-11-15-26)16-17-30(42)36-28(22-45-33(3,4)5)32-37-38-39-40(32)21-24-12-8-6-9-13-24/h6-15,18,20,23,27-28,34H,16-17,19,21-22H2,1-5H3,(H,36,42). The normalized spacial score (nSPS) is 12.9. The molecule has 46 heavy (non-hydrogen) atoms. The summed E-state index contributed by atoms with van der Waals surface area (Å²) in [5, 5.41) is 30.5. The molecule has 2 atom stereocenters. The van der Waals surface area contributed by atoms with Crippen molar-refractivity contribution in [2.24, 2.45) is 5.92 Å². The molecule has 0 aliphatic rings. The Morgan fingerprint density at radius 2 is 1.76 bits per heavy atom. The zero-order valence-corrected chi connectivity index (χ0v) is 26.9. The number of benzene rings is 2. The molecule has 0 spiro atoms. The van der Waals surface area contributed by atoms with Gasteiger partial charge in [0.25, 0.3) is 5.69 Å². The second-order valence-corrected chi connectivity index (χ2v) is 12.3. The third kappa shape index (κ3) is 10.4. The molecule has 2 aromatic heterocycles. The number of hydrogen-bond acceptors (Lipinski definition) is 10. The van der Waals surface area contributed by atoms with Gasteiger partial charge in [-0.2, -0.15) is 0 Å². The van der Waals surface area contributed by atoms with Gasteiger partial charge in [0.2, 0.25) is 11.8 Å². The number of rotatable bonds is 16. The minimum Gasteiger partial charge on any atom is -0.439 e. The van der Waals surface area contributed by atoms with Gasteiger partial charge in [0.1, 0.15) is 18.0 Å². The lowest BCUT2D eigenvalue weighted by Crippen LogP contribution is -2.38. The van der Waals surface area contributed by atoms with Crippen LogP contribution in [0.4, 0.5) is 5.69 Å². The molecule has 244 valence electrons. The van der Waals surface area contributed by atoms with E-state index >= 15 is 0 Å². The van der Waals surface area contributed by atoms with Crippen LogP contribution in [0, 0.1) is 16.0 Å². The maximum Gasteiger partial charge on any atom is 0.292 e. The van der Waals surface area contributed by atoms with E-state index in [1.165, 1.54) is 6.20 Å². The average molecular weight is 631 g/mol. The third-order valence-corrected chi connectivity index (χ3v) is 7.21. The van der Waals surface area contributed by atoms with E-state index < -0.39 is 16.6 Å². The fourth-order valence-electron chi connectivity index (χ4n) is 4.75. The van der Waals surface area contributed by atoms with Crippen LogP contribution in [0.1, 0.15) is 70.5 Å². The molecule has 0 radical (unpaired) electrons. The molecule has 0 fully saturated rings. The van der Waals surface area contributed by atoms with Crippen LogP contribution in [-0.4, -0.2) is 54.3 Å². The zero-order chi connectivity index (χ0) is 33.1. The van der Waals surface area contributed by atoms with Gasteiger partial charge in [-0.3, -0.25) is 14.9 Å². The van der Waals surface area contributed by atoms with E-state index in [4.69, 9.17) is 9.47 Å². The van der Waals surface area contributed by atoms with E-state index in [2.05, 4.69) is 31.1 Å². The fourth-order valence-corrected chi connectivity index (χ4v) is 4.75. The van der Waals surface area contributed by atoms with Crippen molar-refractivity contribution in [3.05, 3.63) is 100.0 Å². The summed E-state index contributed by atoms with van der Waals surface area (Å²) in [7, 11) is 0. The van der Waals surface area contributed by atoms with Gasteiger partial charge < -0.3 is 20.1 Å². The predicted octanol–water partition coefficient (Wildman–Crippen LogP) is 5.38.